The molecule has 11 heteroatoms. The number of para-hydroxylation sites is 1. The minimum absolute atomic E-state index is 0.0556. The predicted molar refractivity (Wildman–Crippen MR) is 78.6 cm³/mol. The highest BCUT2D eigenvalue weighted by Gasteiger charge is 2.38. The van der Waals surface area contributed by atoms with Gasteiger partial charge in [0.1, 0.15) is 5.56 Å². The minimum atomic E-state index is -4.77. The summed E-state index contributed by atoms with van der Waals surface area (Å²) in [6.45, 7) is 0. The van der Waals surface area contributed by atoms with Crippen LogP contribution in [-0.4, -0.2) is 11.2 Å². The van der Waals surface area contributed by atoms with Crippen LogP contribution in [0.1, 0.15) is 5.56 Å². The van der Waals surface area contributed by atoms with Gasteiger partial charge in [-0.1, -0.05) is 18.2 Å². The first kappa shape index (κ1) is 20.1. The smallest absolute Gasteiger partial charge is 0.399 e. The van der Waals surface area contributed by atoms with Gasteiger partial charge in [-0.3, -0.25) is 15.4 Å². The largest absolute Gasteiger partial charge is 0.482 e. The van der Waals surface area contributed by atoms with Gasteiger partial charge in [0.25, 0.3) is 5.69 Å². The average Bonchev–Trinajstić information content (AvgIpc) is 2.46. The molecule has 0 saturated heterocycles. The van der Waals surface area contributed by atoms with Crippen LogP contribution in [0.3, 0.4) is 0 Å². The molecule has 2 rings (SSSR count). The lowest BCUT2D eigenvalue weighted by atomic mass is 10.1. The maximum absolute atomic E-state index is 12.2. The van der Waals surface area contributed by atoms with E-state index in [4.69, 9.17) is 5.73 Å². The van der Waals surface area contributed by atoms with E-state index in [-0.39, 0.29) is 11.4 Å². The number of rotatable bonds is 2. The number of hydrogen-bond donors (Lipinski definition) is 2. The summed E-state index contributed by atoms with van der Waals surface area (Å²) in [6.07, 6.45) is -9.11. The number of alkyl halides is 6. The molecule has 0 aliphatic carbocycles. The number of nitro groups is 1. The number of hydrogen-bond acceptors (Lipinski definition) is 4. The third-order valence-corrected chi connectivity index (χ3v) is 2.58. The highest BCUT2D eigenvalue weighted by molar-refractivity contribution is 5.52. The maximum atomic E-state index is 12.2. The number of anilines is 2. The molecular weight excluding hydrogens is 356 g/mol. The Labute approximate surface area is 137 Å². The summed E-state index contributed by atoms with van der Waals surface area (Å²) in [6, 6.07) is 9.76. The maximum Gasteiger partial charge on any atom is 0.482 e. The van der Waals surface area contributed by atoms with E-state index in [1.807, 2.05) is 0 Å². The Bertz CT molecular complexity index is 717. The normalized spacial score (nSPS) is 11.3. The monoisotopic (exact) mass is 367 g/mol. The van der Waals surface area contributed by atoms with Crippen LogP contribution in [0, 0.1) is 10.1 Å². The second-order valence-corrected chi connectivity index (χ2v) is 4.52. The zero-order valence-electron chi connectivity index (χ0n) is 12.2. The molecule has 0 saturated carbocycles. The van der Waals surface area contributed by atoms with E-state index in [1.165, 1.54) is 29.6 Å². The van der Waals surface area contributed by atoms with Crippen molar-refractivity contribution in [3.63, 3.8) is 0 Å². The molecule has 0 fully saturated rings. The van der Waals surface area contributed by atoms with Gasteiger partial charge < -0.3 is 5.73 Å². The molecule has 0 spiro atoms. The van der Waals surface area contributed by atoms with Gasteiger partial charge in [-0.05, 0) is 24.3 Å². The number of benzene rings is 2. The molecule has 0 atom stereocenters. The molecule has 2 aromatic carbocycles. The lowest BCUT2D eigenvalue weighted by Gasteiger charge is -2.08. The van der Waals surface area contributed by atoms with Crippen molar-refractivity contribution in [3.05, 3.63) is 64.2 Å². The molecule has 0 radical (unpaired) electrons. The fourth-order valence-electron chi connectivity index (χ4n) is 1.63. The molecule has 136 valence electrons. The fraction of sp³-hybridized carbons (Fsp3) is 0.143. The summed E-state index contributed by atoms with van der Waals surface area (Å²) in [5, 5.41) is 11.6. The highest BCUT2D eigenvalue weighted by atomic mass is 19.4. The summed E-state index contributed by atoms with van der Waals surface area (Å²) in [5.41, 5.74) is 2.67. The van der Waals surface area contributed by atoms with Crippen LogP contribution >= 0.6 is 0 Å². The summed E-state index contributed by atoms with van der Waals surface area (Å²) in [7, 11) is 0. The molecule has 0 bridgehead atoms. The van der Waals surface area contributed by atoms with Crippen molar-refractivity contribution in [1.82, 2.24) is 0 Å². The van der Waals surface area contributed by atoms with Crippen molar-refractivity contribution in [2.45, 2.75) is 12.5 Å². The van der Waals surface area contributed by atoms with Crippen molar-refractivity contribution in [3.8, 4) is 0 Å². The molecule has 0 aromatic heterocycles. The minimum Gasteiger partial charge on any atom is -0.399 e. The molecule has 25 heavy (non-hydrogen) atoms. The molecule has 5 nitrogen and oxygen atoms in total. The van der Waals surface area contributed by atoms with Gasteiger partial charge in [-0.2, -0.15) is 26.3 Å². The SMILES string of the molecule is FC(F)(F)Nc1ccccc1.Nc1ccc([N+](=O)[O-])c(C(F)(F)F)c1. The number of nitrogen functional groups attached to an aromatic ring is 1. The Morgan fingerprint density at radius 3 is 1.96 bits per heavy atom. The van der Waals surface area contributed by atoms with Crippen LogP contribution < -0.4 is 11.1 Å². The lowest BCUT2D eigenvalue weighted by Crippen LogP contribution is -2.20. The van der Waals surface area contributed by atoms with Gasteiger partial charge in [0, 0.05) is 17.4 Å². The van der Waals surface area contributed by atoms with Gasteiger partial charge in [-0.15, -0.1) is 0 Å². The first-order valence-corrected chi connectivity index (χ1v) is 6.41. The quantitative estimate of drug-likeness (QED) is 0.262. The number of nitrogens with two attached hydrogens (primary N) is 1. The molecule has 0 amide bonds. The Hall–Kier alpha value is -2.98. The fourth-order valence-corrected chi connectivity index (χ4v) is 1.63. The summed E-state index contributed by atoms with van der Waals surface area (Å²) < 4.78 is 71.6. The summed E-state index contributed by atoms with van der Waals surface area (Å²) in [5.74, 6) is 0. The van der Waals surface area contributed by atoms with Gasteiger partial charge in [0.15, 0.2) is 0 Å². The van der Waals surface area contributed by atoms with Crippen molar-refractivity contribution < 1.29 is 31.3 Å². The van der Waals surface area contributed by atoms with E-state index < -0.39 is 28.7 Å². The van der Waals surface area contributed by atoms with Crippen LogP contribution in [0.2, 0.25) is 0 Å². The number of nitro benzene ring substituents is 1. The first-order chi connectivity index (χ1) is 11.4. The van der Waals surface area contributed by atoms with E-state index in [9.17, 15) is 36.5 Å². The average molecular weight is 367 g/mol. The van der Waals surface area contributed by atoms with Gasteiger partial charge >= 0.3 is 12.5 Å². The second-order valence-electron chi connectivity index (χ2n) is 4.52. The van der Waals surface area contributed by atoms with E-state index in [2.05, 4.69) is 0 Å². The van der Waals surface area contributed by atoms with Crippen LogP contribution in [0.4, 0.5) is 43.4 Å². The molecule has 0 aliphatic rings. The van der Waals surface area contributed by atoms with Gasteiger partial charge in [0.2, 0.25) is 0 Å². The van der Waals surface area contributed by atoms with E-state index in [0.717, 1.165) is 12.1 Å². The Balaban J connectivity index is 0.000000257. The van der Waals surface area contributed by atoms with E-state index in [0.29, 0.717) is 6.07 Å². The van der Waals surface area contributed by atoms with E-state index in [1.54, 1.807) is 6.07 Å². The van der Waals surface area contributed by atoms with Crippen molar-refractivity contribution in [2.75, 3.05) is 11.1 Å². The Morgan fingerprint density at radius 1 is 0.960 bits per heavy atom. The Morgan fingerprint density at radius 2 is 1.52 bits per heavy atom. The molecule has 3 N–H and O–H groups in total. The van der Waals surface area contributed by atoms with Crippen LogP contribution in [0.25, 0.3) is 0 Å². The third-order valence-electron chi connectivity index (χ3n) is 2.58. The standard InChI is InChI=1S/C7H5F3N2O2.C7H6F3N/c8-7(9,10)5-3-4(11)1-2-6(5)12(13)14;8-7(9,10)11-6-4-2-1-3-5-6/h1-3H,11H2;1-5,11H. The second kappa shape index (κ2) is 7.73. The van der Waals surface area contributed by atoms with Gasteiger partial charge in [-0.25, -0.2) is 0 Å². The predicted octanol–water partition coefficient (Wildman–Crippen LogP) is 4.81. The molecule has 2 aromatic rings. The topological polar surface area (TPSA) is 81.2 Å². The van der Waals surface area contributed by atoms with Crippen molar-refractivity contribution in [2.24, 2.45) is 0 Å². The summed E-state index contributed by atoms with van der Waals surface area (Å²) in [4.78, 5) is 9.15. The van der Waals surface area contributed by atoms with Crippen LogP contribution in [-0.2, 0) is 6.18 Å². The first-order valence-electron chi connectivity index (χ1n) is 6.41. The van der Waals surface area contributed by atoms with E-state index >= 15 is 0 Å². The van der Waals surface area contributed by atoms with Crippen LogP contribution in [0.15, 0.2) is 48.5 Å². The number of nitrogens with zero attached hydrogens (tertiary/aromatic N) is 1. The zero-order valence-corrected chi connectivity index (χ0v) is 12.2. The zero-order chi connectivity index (χ0) is 19.3. The summed E-state index contributed by atoms with van der Waals surface area (Å²) >= 11 is 0. The number of nitrogens with one attached hydrogen (secondary N) is 1. The number of halogens is 6. The molecular formula is C14H11F6N3O2. The van der Waals surface area contributed by atoms with Crippen molar-refractivity contribution in [1.29, 1.82) is 0 Å². The highest BCUT2D eigenvalue weighted by Crippen LogP contribution is 2.36. The molecule has 0 unspecified atom stereocenters. The lowest BCUT2D eigenvalue weighted by molar-refractivity contribution is -0.388. The van der Waals surface area contributed by atoms with Gasteiger partial charge in [0.05, 0.1) is 4.92 Å². The van der Waals surface area contributed by atoms with Crippen LogP contribution in [0.5, 0.6) is 0 Å². The Kier molecular flexibility index (Phi) is 6.20. The third kappa shape index (κ3) is 6.97. The molecule has 0 heterocycles. The van der Waals surface area contributed by atoms with Crippen molar-refractivity contribution >= 4 is 17.1 Å². The molecule has 0 aliphatic heterocycles.